The lowest BCUT2D eigenvalue weighted by molar-refractivity contribution is 0.0273. The maximum atomic E-state index is 6.58. The number of anilines is 1. The highest BCUT2D eigenvalue weighted by Gasteiger charge is 2.43. The Kier molecular flexibility index (Phi) is 4.97. The van der Waals surface area contributed by atoms with Gasteiger partial charge in [0.15, 0.2) is 11.8 Å². The fraction of sp³-hybridized carbons (Fsp3) is 0.478. The number of aromatic amines is 1. The Morgan fingerprint density at radius 3 is 2.74 bits per heavy atom. The van der Waals surface area contributed by atoms with Crippen LogP contribution >= 0.6 is 11.6 Å². The summed E-state index contributed by atoms with van der Waals surface area (Å²) in [5, 5.41) is 0.580. The van der Waals surface area contributed by atoms with Crippen molar-refractivity contribution in [3.8, 4) is 17.3 Å². The van der Waals surface area contributed by atoms with Crippen LogP contribution in [0.4, 0.5) is 5.69 Å². The third-order valence-corrected chi connectivity index (χ3v) is 6.74. The highest BCUT2D eigenvalue weighted by molar-refractivity contribution is 6.33. The molecule has 1 N–H and O–H groups in total. The quantitative estimate of drug-likeness (QED) is 0.655. The lowest BCUT2D eigenvalue weighted by Crippen LogP contribution is -2.32. The predicted molar refractivity (Wildman–Crippen MR) is 119 cm³/mol. The normalized spacial score (nSPS) is 25.8. The summed E-state index contributed by atoms with van der Waals surface area (Å²) < 4.78 is 17.5. The highest BCUT2D eigenvalue weighted by atomic mass is 35.5. The second-order valence-electron chi connectivity index (χ2n) is 8.48. The lowest BCUT2D eigenvalue weighted by Gasteiger charge is -2.28. The summed E-state index contributed by atoms with van der Waals surface area (Å²) in [6.07, 6.45) is 4.70. The van der Waals surface area contributed by atoms with Gasteiger partial charge < -0.3 is 24.1 Å². The number of piperidine rings is 1. The molecule has 5 heterocycles. The zero-order valence-corrected chi connectivity index (χ0v) is 18.0. The number of hydrogen-bond donors (Lipinski definition) is 1. The minimum atomic E-state index is -0.162. The third-order valence-electron chi connectivity index (χ3n) is 6.45. The summed E-state index contributed by atoms with van der Waals surface area (Å²) in [5.41, 5.74) is 4.28. The molecule has 0 saturated carbocycles. The molecule has 0 bridgehead atoms. The molecule has 162 valence electrons. The summed E-state index contributed by atoms with van der Waals surface area (Å²) in [7, 11) is 0. The minimum Gasteiger partial charge on any atom is -0.456 e. The topological polar surface area (TPSA) is 72.5 Å². The zero-order valence-electron chi connectivity index (χ0n) is 17.2. The summed E-state index contributed by atoms with van der Waals surface area (Å²) in [4.78, 5) is 14.9. The second-order valence-corrected chi connectivity index (χ2v) is 8.89. The van der Waals surface area contributed by atoms with Gasteiger partial charge in [0.25, 0.3) is 6.01 Å². The molecular formula is C23H25ClN4O3. The molecule has 3 aromatic rings. The van der Waals surface area contributed by atoms with Crippen molar-refractivity contribution in [3.05, 3.63) is 35.4 Å². The minimum absolute atomic E-state index is 0.0289. The monoisotopic (exact) mass is 440 g/mol. The van der Waals surface area contributed by atoms with E-state index in [1.165, 1.54) is 24.9 Å². The van der Waals surface area contributed by atoms with Gasteiger partial charge in [0.2, 0.25) is 0 Å². The SMILES string of the molecule is Clc1cc2[nH]c(OC3CO[C@@H]4CCO[C@H]34)nc2nc1-c1ccc(N2CCCCC2)cc1. The Labute approximate surface area is 185 Å². The zero-order chi connectivity index (χ0) is 20.8. The van der Waals surface area contributed by atoms with E-state index in [1.54, 1.807) is 0 Å². The van der Waals surface area contributed by atoms with Gasteiger partial charge in [0, 0.05) is 30.9 Å². The number of hydrogen-bond acceptors (Lipinski definition) is 6. The number of H-pyrrole nitrogens is 1. The molecule has 3 aliphatic rings. The van der Waals surface area contributed by atoms with Gasteiger partial charge in [-0.05, 0) is 43.9 Å². The van der Waals surface area contributed by atoms with E-state index in [2.05, 4.69) is 39.1 Å². The van der Waals surface area contributed by atoms with Crippen molar-refractivity contribution in [1.82, 2.24) is 15.0 Å². The van der Waals surface area contributed by atoms with Crippen LogP contribution in [0.1, 0.15) is 25.7 Å². The molecular weight excluding hydrogens is 416 g/mol. The van der Waals surface area contributed by atoms with Crippen LogP contribution in [0.2, 0.25) is 5.02 Å². The molecule has 0 aliphatic carbocycles. The molecule has 3 saturated heterocycles. The Balaban J connectivity index is 1.24. The van der Waals surface area contributed by atoms with Gasteiger partial charge >= 0.3 is 0 Å². The van der Waals surface area contributed by atoms with Crippen molar-refractivity contribution >= 4 is 28.5 Å². The standard InChI is InChI=1S/C23H25ClN4O3/c24-16-12-17-22(27-23(25-17)31-19-13-30-18-8-11-29-21(18)19)26-20(16)14-4-6-15(7-5-14)28-9-2-1-3-10-28/h4-7,12,18-19,21H,1-3,8-11,13H2,(H,25,26,27)/t18-,19?,21+/m1/s1. The van der Waals surface area contributed by atoms with E-state index in [0.717, 1.165) is 36.3 Å². The van der Waals surface area contributed by atoms with Crippen molar-refractivity contribution in [1.29, 1.82) is 0 Å². The van der Waals surface area contributed by atoms with E-state index in [0.29, 0.717) is 29.9 Å². The Morgan fingerprint density at radius 2 is 1.90 bits per heavy atom. The van der Waals surface area contributed by atoms with Gasteiger partial charge in [-0.15, -0.1) is 0 Å². The van der Waals surface area contributed by atoms with Crippen molar-refractivity contribution in [2.45, 2.75) is 44.0 Å². The van der Waals surface area contributed by atoms with E-state index >= 15 is 0 Å². The molecule has 1 unspecified atom stereocenters. The molecule has 0 amide bonds. The molecule has 1 aromatic carbocycles. The maximum absolute atomic E-state index is 6.58. The van der Waals surface area contributed by atoms with Gasteiger partial charge in [-0.3, -0.25) is 0 Å². The van der Waals surface area contributed by atoms with E-state index in [1.807, 2.05) is 6.07 Å². The number of pyridine rings is 1. The van der Waals surface area contributed by atoms with E-state index in [4.69, 9.17) is 30.8 Å². The average Bonchev–Trinajstić information content (AvgIpc) is 3.51. The number of aromatic nitrogens is 3. The number of halogens is 1. The van der Waals surface area contributed by atoms with Gasteiger partial charge in [0.05, 0.1) is 28.9 Å². The van der Waals surface area contributed by atoms with Crippen LogP contribution in [0, 0.1) is 0 Å². The van der Waals surface area contributed by atoms with Crippen LogP contribution in [-0.4, -0.2) is 59.6 Å². The average molecular weight is 441 g/mol. The number of imidazole rings is 1. The van der Waals surface area contributed by atoms with Crippen LogP contribution < -0.4 is 9.64 Å². The van der Waals surface area contributed by atoms with Gasteiger partial charge in [-0.1, -0.05) is 23.7 Å². The van der Waals surface area contributed by atoms with E-state index in [-0.39, 0.29) is 18.3 Å². The van der Waals surface area contributed by atoms with Gasteiger partial charge in [-0.25, -0.2) is 4.98 Å². The van der Waals surface area contributed by atoms with E-state index in [9.17, 15) is 0 Å². The molecule has 0 radical (unpaired) electrons. The first kappa shape index (κ1) is 19.3. The Morgan fingerprint density at radius 1 is 1.06 bits per heavy atom. The van der Waals surface area contributed by atoms with Crippen molar-refractivity contribution in [2.75, 3.05) is 31.2 Å². The Hall–Kier alpha value is -2.35. The summed E-state index contributed by atoms with van der Waals surface area (Å²) >= 11 is 6.58. The van der Waals surface area contributed by atoms with Crippen LogP contribution in [0.15, 0.2) is 30.3 Å². The molecule has 31 heavy (non-hydrogen) atoms. The first-order chi connectivity index (χ1) is 15.2. The summed E-state index contributed by atoms with van der Waals surface area (Å²) in [5.74, 6) is 0. The predicted octanol–water partition coefficient (Wildman–Crippen LogP) is 4.20. The summed E-state index contributed by atoms with van der Waals surface area (Å²) in [6.45, 7) is 3.47. The lowest BCUT2D eigenvalue weighted by atomic mass is 10.1. The molecule has 3 atom stereocenters. The Bertz CT molecular complexity index is 1080. The maximum Gasteiger partial charge on any atom is 0.296 e. The smallest absolute Gasteiger partial charge is 0.296 e. The molecule has 8 heteroatoms. The van der Waals surface area contributed by atoms with Crippen molar-refractivity contribution < 1.29 is 14.2 Å². The van der Waals surface area contributed by atoms with Gasteiger partial charge in [0.1, 0.15) is 6.10 Å². The number of benzene rings is 1. The number of nitrogens with one attached hydrogen (secondary N) is 1. The first-order valence-electron chi connectivity index (χ1n) is 11.1. The number of nitrogens with zero attached hydrogens (tertiary/aromatic N) is 3. The molecule has 0 spiro atoms. The highest BCUT2D eigenvalue weighted by Crippen LogP contribution is 2.33. The van der Waals surface area contributed by atoms with Crippen LogP contribution in [0.3, 0.4) is 0 Å². The first-order valence-corrected chi connectivity index (χ1v) is 11.4. The third kappa shape index (κ3) is 3.64. The fourth-order valence-corrected chi connectivity index (χ4v) is 5.07. The number of ether oxygens (including phenoxy) is 3. The summed E-state index contributed by atoms with van der Waals surface area (Å²) in [6, 6.07) is 10.8. The molecule has 6 rings (SSSR count). The van der Waals surface area contributed by atoms with Crippen LogP contribution in [0.5, 0.6) is 6.01 Å². The molecule has 7 nitrogen and oxygen atoms in total. The van der Waals surface area contributed by atoms with E-state index < -0.39 is 0 Å². The van der Waals surface area contributed by atoms with Crippen LogP contribution in [0.25, 0.3) is 22.4 Å². The molecule has 2 aromatic heterocycles. The van der Waals surface area contributed by atoms with Gasteiger partial charge in [-0.2, -0.15) is 4.98 Å². The molecule has 3 fully saturated rings. The number of fused-ring (bicyclic) bond motifs is 2. The van der Waals surface area contributed by atoms with Crippen LogP contribution in [-0.2, 0) is 9.47 Å². The van der Waals surface area contributed by atoms with Crippen molar-refractivity contribution in [2.24, 2.45) is 0 Å². The van der Waals surface area contributed by atoms with Crippen molar-refractivity contribution in [3.63, 3.8) is 0 Å². The largest absolute Gasteiger partial charge is 0.456 e. The second kappa shape index (κ2) is 7.97. The fourth-order valence-electron chi connectivity index (χ4n) is 4.81. The molecule has 3 aliphatic heterocycles. The number of rotatable bonds is 4.